The SMILES string of the molecule is COC(=O)C(C)CN(CCC1=CCCCC1)C(=O)COc1c(C)cccc1C. The summed E-state index contributed by atoms with van der Waals surface area (Å²) in [6.45, 7) is 6.65. The fourth-order valence-corrected chi connectivity index (χ4v) is 3.59. The van der Waals surface area contributed by atoms with Gasteiger partial charge in [-0.2, -0.15) is 0 Å². The third-order valence-electron chi connectivity index (χ3n) is 5.29. The Morgan fingerprint density at radius 1 is 1.18 bits per heavy atom. The molecule has 1 aromatic rings. The van der Waals surface area contributed by atoms with Gasteiger partial charge in [-0.3, -0.25) is 9.59 Å². The normalized spacial score (nSPS) is 14.8. The van der Waals surface area contributed by atoms with E-state index in [9.17, 15) is 9.59 Å². The highest BCUT2D eigenvalue weighted by molar-refractivity contribution is 5.79. The molecular weight excluding hydrogens is 354 g/mol. The number of methoxy groups -OCH3 is 1. The molecule has 28 heavy (non-hydrogen) atoms. The maximum absolute atomic E-state index is 12.9. The molecule has 0 bridgehead atoms. The third-order valence-corrected chi connectivity index (χ3v) is 5.29. The number of hydrogen-bond donors (Lipinski definition) is 0. The van der Waals surface area contributed by atoms with Gasteiger partial charge >= 0.3 is 5.97 Å². The van der Waals surface area contributed by atoms with E-state index in [2.05, 4.69) is 6.08 Å². The zero-order valence-electron chi connectivity index (χ0n) is 17.6. The topological polar surface area (TPSA) is 55.8 Å². The van der Waals surface area contributed by atoms with E-state index in [0.29, 0.717) is 13.1 Å². The van der Waals surface area contributed by atoms with Gasteiger partial charge < -0.3 is 14.4 Å². The number of aryl methyl sites for hydroxylation is 2. The van der Waals surface area contributed by atoms with E-state index in [0.717, 1.165) is 36.1 Å². The quantitative estimate of drug-likeness (QED) is 0.470. The number of amides is 1. The van der Waals surface area contributed by atoms with Crippen LogP contribution >= 0.6 is 0 Å². The second-order valence-electron chi connectivity index (χ2n) is 7.63. The highest BCUT2D eigenvalue weighted by Gasteiger charge is 2.22. The molecule has 1 aliphatic rings. The van der Waals surface area contributed by atoms with Crippen molar-refractivity contribution in [2.75, 3.05) is 26.8 Å². The predicted octanol–water partition coefficient (Wildman–Crippen LogP) is 4.21. The van der Waals surface area contributed by atoms with E-state index in [1.807, 2.05) is 32.0 Å². The average Bonchev–Trinajstić information content (AvgIpc) is 2.70. The fourth-order valence-electron chi connectivity index (χ4n) is 3.59. The Morgan fingerprint density at radius 3 is 2.50 bits per heavy atom. The van der Waals surface area contributed by atoms with Gasteiger partial charge in [0.2, 0.25) is 0 Å². The molecule has 2 rings (SSSR count). The Morgan fingerprint density at radius 2 is 1.89 bits per heavy atom. The van der Waals surface area contributed by atoms with Gasteiger partial charge in [-0.1, -0.05) is 36.8 Å². The van der Waals surface area contributed by atoms with Gasteiger partial charge in [-0.05, 0) is 57.1 Å². The molecule has 0 saturated heterocycles. The van der Waals surface area contributed by atoms with Crippen LogP contribution in [0.5, 0.6) is 5.75 Å². The number of rotatable bonds is 9. The predicted molar refractivity (Wildman–Crippen MR) is 110 cm³/mol. The Hall–Kier alpha value is -2.30. The summed E-state index contributed by atoms with van der Waals surface area (Å²) in [6.07, 6.45) is 7.83. The largest absolute Gasteiger partial charge is 0.483 e. The van der Waals surface area contributed by atoms with Gasteiger partial charge in [-0.15, -0.1) is 0 Å². The van der Waals surface area contributed by atoms with Crippen molar-refractivity contribution in [2.24, 2.45) is 5.92 Å². The molecule has 0 aliphatic heterocycles. The van der Waals surface area contributed by atoms with Crippen LogP contribution in [0.15, 0.2) is 29.8 Å². The molecule has 1 aliphatic carbocycles. The third kappa shape index (κ3) is 6.39. The summed E-state index contributed by atoms with van der Waals surface area (Å²) in [4.78, 5) is 26.5. The van der Waals surface area contributed by atoms with Crippen molar-refractivity contribution < 1.29 is 19.1 Å². The van der Waals surface area contributed by atoms with Crippen LogP contribution < -0.4 is 4.74 Å². The van der Waals surface area contributed by atoms with Gasteiger partial charge in [0.25, 0.3) is 5.91 Å². The number of hydrogen-bond acceptors (Lipinski definition) is 4. The van der Waals surface area contributed by atoms with Gasteiger partial charge in [0.1, 0.15) is 5.75 Å². The number of esters is 1. The van der Waals surface area contributed by atoms with Crippen LogP contribution in [0, 0.1) is 19.8 Å². The van der Waals surface area contributed by atoms with Crippen molar-refractivity contribution in [3.05, 3.63) is 41.0 Å². The number of para-hydroxylation sites is 1. The molecular formula is C23H33NO4. The lowest BCUT2D eigenvalue weighted by molar-refractivity contribution is -0.146. The van der Waals surface area contributed by atoms with E-state index < -0.39 is 0 Å². The van der Waals surface area contributed by atoms with E-state index >= 15 is 0 Å². The van der Waals surface area contributed by atoms with Crippen LogP contribution in [-0.2, 0) is 14.3 Å². The molecule has 0 heterocycles. The molecule has 0 aromatic heterocycles. The fraction of sp³-hybridized carbons (Fsp3) is 0.565. The molecule has 1 unspecified atom stereocenters. The Kier molecular flexibility index (Phi) is 8.55. The Balaban J connectivity index is 2.02. The first-order chi connectivity index (χ1) is 13.4. The number of benzene rings is 1. The van der Waals surface area contributed by atoms with Crippen molar-refractivity contribution in [2.45, 2.75) is 52.9 Å². The summed E-state index contributed by atoms with van der Waals surface area (Å²) >= 11 is 0. The van der Waals surface area contributed by atoms with E-state index in [1.54, 1.807) is 11.8 Å². The van der Waals surface area contributed by atoms with Crippen LogP contribution in [0.2, 0.25) is 0 Å². The van der Waals surface area contributed by atoms with E-state index in [-0.39, 0.29) is 24.4 Å². The number of carbonyl (C=O) groups excluding carboxylic acids is 2. The molecule has 0 radical (unpaired) electrons. The molecule has 154 valence electrons. The molecule has 5 nitrogen and oxygen atoms in total. The smallest absolute Gasteiger partial charge is 0.310 e. The molecule has 0 saturated carbocycles. The van der Waals surface area contributed by atoms with Crippen molar-refractivity contribution in [3.8, 4) is 5.75 Å². The minimum atomic E-state index is -0.366. The summed E-state index contributed by atoms with van der Waals surface area (Å²) in [5, 5.41) is 0. The van der Waals surface area contributed by atoms with Crippen molar-refractivity contribution in [1.82, 2.24) is 4.90 Å². The first-order valence-corrected chi connectivity index (χ1v) is 10.1. The van der Waals surface area contributed by atoms with Crippen LogP contribution in [0.25, 0.3) is 0 Å². The van der Waals surface area contributed by atoms with Gasteiger partial charge in [0.05, 0.1) is 13.0 Å². The maximum Gasteiger partial charge on any atom is 0.310 e. The molecule has 5 heteroatoms. The van der Waals surface area contributed by atoms with Crippen LogP contribution in [0.4, 0.5) is 0 Å². The first kappa shape index (κ1) is 22.0. The lowest BCUT2D eigenvalue weighted by Crippen LogP contribution is -2.40. The van der Waals surface area contributed by atoms with Gasteiger partial charge in [0.15, 0.2) is 6.61 Å². The second kappa shape index (κ2) is 10.9. The Bertz CT molecular complexity index is 690. The minimum Gasteiger partial charge on any atom is -0.483 e. The number of ether oxygens (including phenoxy) is 2. The van der Waals surface area contributed by atoms with Crippen LogP contribution in [-0.4, -0.2) is 43.6 Å². The Labute approximate surface area is 168 Å². The monoisotopic (exact) mass is 387 g/mol. The van der Waals surface area contributed by atoms with Crippen molar-refractivity contribution in [3.63, 3.8) is 0 Å². The summed E-state index contributed by atoms with van der Waals surface area (Å²) in [7, 11) is 1.38. The molecule has 0 fully saturated rings. The molecule has 0 N–H and O–H groups in total. The van der Waals surface area contributed by atoms with E-state index in [1.165, 1.54) is 25.5 Å². The zero-order valence-corrected chi connectivity index (χ0v) is 17.6. The second-order valence-corrected chi connectivity index (χ2v) is 7.63. The standard InChI is InChI=1S/C23H33NO4/c1-17-9-8-10-18(2)22(17)28-16-21(25)24(15-19(3)23(26)27-4)14-13-20-11-6-5-7-12-20/h8-11,19H,5-7,12-16H2,1-4H3. The summed E-state index contributed by atoms with van der Waals surface area (Å²) in [6, 6.07) is 5.92. The molecule has 0 spiro atoms. The molecule has 1 amide bonds. The maximum atomic E-state index is 12.9. The van der Waals surface area contributed by atoms with Crippen molar-refractivity contribution >= 4 is 11.9 Å². The number of carbonyl (C=O) groups is 2. The van der Waals surface area contributed by atoms with Crippen LogP contribution in [0.1, 0.15) is 50.2 Å². The molecule has 1 atom stereocenters. The lowest BCUT2D eigenvalue weighted by Gasteiger charge is -2.26. The van der Waals surface area contributed by atoms with E-state index in [4.69, 9.17) is 9.47 Å². The van der Waals surface area contributed by atoms with Gasteiger partial charge in [0, 0.05) is 13.1 Å². The minimum absolute atomic E-state index is 0.0291. The number of allylic oxidation sites excluding steroid dienone is 1. The first-order valence-electron chi connectivity index (χ1n) is 10.1. The number of nitrogens with zero attached hydrogens (tertiary/aromatic N) is 1. The summed E-state index contributed by atoms with van der Waals surface area (Å²) < 4.78 is 10.7. The lowest BCUT2D eigenvalue weighted by atomic mass is 9.97. The highest BCUT2D eigenvalue weighted by Crippen LogP contribution is 2.23. The summed E-state index contributed by atoms with van der Waals surface area (Å²) in [5.74, 6) is -0.0125. The average molecular weight is 388 g/mol. The summed E-state index contributed by atoms with van der Waals surface area (Å²) in [5.41, 5.74) is 3.43. The highest BCUT2D eigenvalue weighted by atomic mass is 16.5. The van der Waals surface area contributed by atoms with Crippen molar-refractivity contribution in [1.29, 1.82) is 0 Å². The van der Waals surface area contributed by atoms with Crippen LogP contribution in [0.3, 0.4) is 0 Å². The molecule has 1 aromatic carbocycles. The zero-order chi connectivity index (χ0) is 20.5. The van der Waals surface area contributed by atoms with Gasteiger partial charge in [-0.25, -0.2) is 0 Å².